The molecule has 2 N–H and O–H groups in total. The Morgan fingerprint density at radius 2 is 1.94 bits per heavy atom. The van der Waals surface area contributed by atoms with Crippen LogP contribution in [0.4, 0.5) is 5.00 Å². The highest BCUT2D eigenvalue weighted by atomic mass is 35.5. The molecule has 0 aliphatic heterocycles. The van der Waals surface area contributed by atoms with Crippen LogP contribution < -0.4 is 10.6 Å². The molecule has 0 radical (unpaired) electrons. The number of benzene rings is 1. The first-order chi connectivity index (χ1) is 15.1. The van der Waals surface area contributed by atoms with Gasteiger partial charge in [0.25, 0.3) is 5.91 Å². The van der Waals surface area contributed by atoms with Gasteiger partial charge in [0.05, 0.1) is 5.56 Å². The van der Waals surface area contributed by atoms with Gasteiger partial charge in [-0.3, -0.25) is 14.6 Å². The molecule has 0 unspecified atom stereocenters. The van der Waals surface area contributed by atoms with Gasteiger partial charge >= 0.3 is 0 Å². The first-order valence-electron chi connectivity index (χ1n) is 10.2. The number of thiophene rings is 1. The van der Waals surface area contributed by atoms with E-state index in [1.807, 2.05) is 24.3 Å². The zero-order chi connectivity index (χ0) is 21.6. The van der Waals surface area contributed by atoms with E-state index in [4.69, 9.17) is 11.6 Å². The Hall–Kier alpha value is -2.96. The van der Waals surface area contributed by atoms with Gasteiger partial charge in [-0.25, -0.2) is 0 Å². The van der Waals surface area contributed by atoms with Crippen molar-refractivity contribution >= 4 is 45.8 Å². The maximum atomic E-state index is 13.1. The van der Waals surface area contributed by atoms with E-state index >= 15 is 0 Å². The SMILES string of the molecule is O=C(C=Cc1ccc(Cl)cc1)Nc1sc2c(c1C(=O)NCc1cccnc1)CCCC2. The summed E-state index contributed by atoms with van der Waals surface area (Å²) in [6.45, 7) is 0.390. The molecule has 0 bridgehead atoms. The summed E-state index contributed by atoms with van der Waals surface area (Å²) in [4.78, 5) is 30.9. The molecule has 2 aromatic heterocycles. The highest BCUT2D eigenvalue weighted by Crippen LogP contribution is 2.38. The van der Waals surface area contributed by atoms with Crippen molar-refractivity contribution in [3.05, 3.63) is 87.0 Å². The summed E-state index contributed by atoms with van der Waals surface area (Å²) in [5.74, 6) is -0.435. The predicted octanol–water partition coefficient (Wildman–Crippen LogP) is 5.26. The van der Waals surface area contributed by atoms with E-state index in [0.717, 1.165) is 42.4 Å². The summed E-state index contributed by atoms with van der Waals surface area (Å²) in [6, 6.07) is 11.0. The number of pyridine rings is 1. The number of carbonyl (C=O) groups is 2. The Balaban J connectivity index is 1.51. The minimum absolute atomic E-state index is 0.166. The average Bonchev–Trinajstić information content (AvgIpc) is 3.15. The van der Waals surface area contributed by atoms with Crippen molar-refractivity contribution in [3.63, 3.8) is 0 Å². The molecule has 31 heavy (non-hydrogen) atoms. The number of hydrogen-bond donors (Lipinski definition) is 2. The quantitative estimate of drug-likeness (QED) is 0.502. The van der Waals surface area contributed by atoms with Gasteiger partial charge in [0, 0.05) is 34.9 Å². The Morgan fingerprint density at radius 3 is 2.71 bits per heavy atom. The summed E-state index contributed by atoms with van der Waals surface area (Å²) in [5.41, 5.74) is 3.46. The summed E-state index contributed by atoms with van der Waals surface area (Å²) < 4.78 is 0. The fourth-order valence-electron chi connectivity index (χ4n) is 3.57. The molecule has 5 nitrogen and oxygen atoms in total. The van der Waals surface area contributed by atoms with Crippen LogP contribution in [0.1, 0.15) is 44.8 Å². The highest BCUT2D eigenvalue weighted by molar-refractivity contribution is 7.17. The van der Waals surface area contributed by atoms with Crippen molar-refractivity contribution < 1.29 is 9.59 Å². The lowest BCUT2D eigenvalue weighted by atomic mass is 9.95. The second kappa shape index (κ2) is 9.90. The van der Waals surface area contributed by atoms with Crippen LogP contribution in [0.15, 0.2) is 54.9 Å². The molecule has 0 saturated heterocycles. The van der Waals surface area contributed by atoms with E-state index in [1.54, 1.807) is 30.6 Å². The van der Waals surface area contributed by atoms with Crippen LogP contribution in [0.5, 0.6) is 0 Å². The van der Waals surface area contributed by atoms with Crippen molar-refractivity contribution in [2.45, 2.75) is 32.2 Å². The van der Waals surface area contributed by atoms with Gasteiger partial charge in [-0.2, -0.15) is 0 Å². The van der Waals surface area contributed by atoms with Gasteiger partial charge in [0.1, 0.15) is 5.00 Å². The van der Waals surface area contributed by atoms with Crippen molar-refractivity contribution in [3.8, 4) is 0 Å². The average molecular weight is 452 g/mol. The van der Waals surface area contributed by atoms with E-state index in [9.17, 15) is 9.59 Å². The second-order valence-corrected chi connectivity index (χ2v) is 8.87. The van der Waals surface area contributed by atoms with E-state index < -0.39 is 0 Å². The number of amides is 2. The van der Waals surface area contributed by atoms with Crippen LogP contribution in [0.2, 0.25) is 5.02 Å². The molecular formula is C24H22ClN3O2S. The minimum Gasteiger partial charge on any atom is -0.348 e. The number of anilines is 1. The third-order valence-electron chi connectivity index (χ3n) is 5.11. The van der Waals surface area contributed by atoms with Crippen LogP contribution in [-0.2, 0) is 24.2 Å². The van der Waals surface area contributed by atoms with Crippen molar-refractivity contribution in [2.75, 3.05) is 5.32 Å². The molecule has 7 heteroatoms. The zero-order valence-corrected chi connectivity index (χ0v) is 18.4. The number of nitrogens with zero attached hydrogens (tertiary/aromatic N) is 1. The molecule has 1 aromatic carbocycles. The molecular weight excluding hydrogens is 430 g/mol. The number of hydrogen-bond acceptors (Lipinski definition) is 4. The summed E-state index contributed by atoms with van der Waals surface area (Å²) in [6.07, 6.45) is 10.6. The smallest absolute Gasteiger partial charge is 0.254 e. The maximum Gasteiger partial charge on any atom is 0.254 e. The van der Waals surface area contributed by atoms with Gasteiger partial charge in [-0.15, -0.1) is 11.3 Å². The van der Waals surface area contributed by atoms with Crippen molar-refractivity contribution in [2.24, 2.45) is 0 Å². The van der Waals surface area contributed by atoms with E-state index in [0.29, 0.717) is 22.1 Å². The third kappa shape index (κ3) is 5.40. The van der Waals surface area contributed by atoms with Gasteiger partial charge in [0.2, 0.25) is 5.91 Å². The highest BCUT2D eigenvalue weighted by Gasteiger charge is 2.26. The van der Waals surface area contributed by atoms with Gasteiger partial charge in [-0.1, -0.05) is 29.8 Å². The van der Waals surface area contributed by atoms with Crippen molar-refractivity contribution in [1.29, 1.82) is 0 Å². The number of aromatic nitrogens is 1. The standard InChI is InChI=1S/C24H22ClN3O2S/c25-18-10-7-16(8-11-18)9-12-21(29)28-24-22(19-5-1-2-6-20(19)31-24)23(30)27-15-17-4-3-13-26-14-17/h3-4,7-14H,1-2,5-6,15H2,(H,27,30)(H,28,29). The normalized spacial score (nSPS) is 13.1. The lowest BCUT2D eigenvalue weighted by molar-refractivity contribution is -0.111. The fourth-order valence-corrected chi connectivity index (χ4v) is 4.98. The largest absolute Gasteiger partial charge is 0.348 e. The maximum absolute atomic E-state index is 13.1. The van der Waals surface area contributed by atoms with E-state index in [1.165, 1.54) is 22.3 Å². The predicted molar refractivity (Wildman–Crippen MR) is 125 cm³/mol. The number of nitrogens with one attached hydrogen (secondary N) is 2. The summed E-state index contributed by atoms with van der Waals surface area (Å²) in [5, 5.41) is 7.15. The topological polar surface area (TPSA) is 71.1 Å². The lowest BCUT2D eigenvalue weighted by Crippen LogP contribution is -2.25. The molecule has 0 saturated carbocycles. The molecule has 1 aliphatic carbocycles. The van der Waals surface area contributed by atoms with Crippen molar-refractivity contribution in [1.82, 2.24) is 10.3 Å². The van der Waals surface area contributed by atoms with E-state index in [-0.39, 0.29) is 11.8 Å². The second-order valence-electron chi connectivity index (χ2n) is 7.33. The monoisotopic (exact) mass is 451 g/mol. The van der Waals surface area contributed by atoms with Crippen LogP contribution in [0.25, 0.3) is 6.08 Å². The zero-order valence-electron chi connectivity index (χ0n) is 16.9. The molecule has 0 fully saturated rings. The number of carbonyl (C=O) groups excluding carboxylic acids is 2. The molecule has 0 spiro atoms. The Labute approximate surface area is 190 Å². The first-order valence-corrected chi connectivity index (χ1v) is 11.4. The summed E-state index contributed by atoms with van der Waals surface area (Å²) >= 11 is 7.41. The Kier molecular flexibility index (Phi) is 6.79. The van der Waals surface area contributed by atoms with Crippen LogP contribution in [-0.4, -0.2) is 16.8 Å². The molecule has 1 aliphatic rings. The minimum atomic E-state index is -0.269. The molecule has 158 valence electrons. The number of aryl methyl sites for hydroxylation is 1. The molecule has 2 heterocycles. The number of halogens is 1. The molecule has 3 aromatic rings. The van der Waals surface area contributed by atoms with Gasteiger partial charge in [-0.05, 0) is 66.6 Å². The Bertz CT molecular complexity index is 1110. The van der Waals surface area contributed by atoms with Crippen LogP contribution >= 0.6 is 22.9 Å². The number of fused-ring (bicyclic) bond motifs is 1. The Morgan fingerprint density at radius 1 is 1.13 bits per heavy atom. The fraction of sp³-hybridized carbons (Fsp3) is 0.208. The molecule has 0 atom stereocenters. The van der Waals surface area contributed by atoms with Gasteiger partial charge in [0.15, 0.2) is 0 Å². The third-order valence-corrected chi connectivity index (χ3v) is 6.57. The molecule has 4 rings (SSSR count). The first kappa shape index (κ1) is 21.3. The van der Waals surface area contributed by atoms with E-state index in [2.05, 4.69) is 15.6 Å². The summed E-state index contributed by atoms with van der Waals surface area (Å²) in [7, 11) is 0. The molecule has 2 amide bonds. The lowest BCUT2D eigenvalue weighted by Gasteiger charge is -2.13. The van der Waals surface area contributed by atoms with Gasteiger partial charge < -0.3 is 10.6 Å². The number of rotatable bonds is 6. The van der Waals surface area contributed by atoms with Crippen LogP contribution in [0.3, 0.4) is 0 Å². The van der Waals surface area contributed by atoms with Crippen LogP contribution in [0, 0.1) is 0 Å².